The second kappa shape index (κ2) is 5.98. The number of carbonyl (C=O) groups is 2. The van der Waals surface area contributed by atoms with Gasteiger partial charge in [-0.1, -0.05) is 0 Å². The van der Waals surface area contributed by atoms with Crippen LogP contribution in [-0.4, -0.2) is 50.2 Å². The summed E-state index contributed by atoms with van der Waals surface area (Å²) in [5.74, 6) is -1.54. The fourth-order valence-electron chi connectivity index (χ4n) is 2.21. The van der Waals surface area contributed by atoms with Crippen molar-refractivity contribution in [2.75, 3.05) is 13.1 Å². The van der Waals surface area contributed by atoms with Crippen LogP contribution in [0.25, 0.3) is 0 Å². The molecule has 1 saturated heterocycles. The molecule has 1 amide bonds. The highest BCUT2D eigenvalue weighted by molar-refractivity contribution is 9.10. The molecule has 1 aromatic heterocycles. The maximum Gasteiger partial charge on any atom is 0.335 e. The molecule has 8 heteroatoms. The van der Waals surface area contributed by atoms with Gasteiger partial charge in [0.1, 0.15) is 6.54 Å². The zero-order valence-electron chi connectivity index (χ0n) is 11.2. The van der Waals surface area contributed by atoms with Crippen LogP contribution < -0.4 is 5.56 Å². The Labute approximate surface area is 128 Å². The van der Waals surface area contributed by atoms with Crippen LogP contribution in [0.5, 0.6) is 0 Å². The van der Waals surface area contributed by atoms with Crippen molar-refractivity contribution in [3.05, 3.63) is 33.2 Å². The minimum Gasteiger partial charge on any atom is -0.479 e. The second-order valence-corrected chi connectivity index (χ2v) is 5.95. The molecule has 0 spiro atoms. The van der Waals surface area contributed by atoms with E-state index in [4.69, 9.17) is 5.11 Å². The van der Waals surface area contributed by atoms with Crippen molar-refractivity contribution in [3.63, 3.8) is 0 Å². The van der Waals surface area contributed by atoms with Gasteiger partial charge >= 0.3 is 5.97 Å². The van der Waals surface area contributed by atoms with E-state index in [-0.39, 0.29) is 43.9 Å². The third-order valence-electron chi connectivity index (χ3n) is 3.59. The summed E-state index contributed by atoms with van der Waals surface area (Å²) in [6.45, 7) is 0.207. The molecule has 0 saturated carbocycles. The lowest BCUT2D eigenvalue weighted by molar-refractivity contribution is -0.165. The zero-order chi connectivity index (χ0) is 15.6. The van der Waals surface area contributed by atoms with Gasteiger partial charge in [0.25, 0.3) is 5.56 Å². The number of piperidine rings is 1. The minimum absolute atomic E-state index is 0.0124. The number of carboxylic acids is 1. The maximum absolute atomic E-state index is 12.1. The van der Waals surface area contributed by atoms with Gasteiger partial charge in [-0.3, -0.25) is 9.59 Å². The van der Waals surface area contributed by atoms with Gasteiger partial charge in [0.15, 0.2) is 5.60 Å². The summed E-state index contributed by atoms with van der Waals surface area (Å²) in [4.78, 5) is 36.2. The highest BCUT2D eigenvalue weighted by Gasteiger charge is 2.40. The number of aromatic nitrogens is 1. The first-order chi connectivity index (χ1) is 9.82. The van der Waals surface area contributed by atoms with E-state index in [1.807, 2.05) is 0 Å². The van der Waals surface area contributed by atoms with E-state index in [0.29, 0.717) is 4.47 Å². The number of pyridine rings is 1. The van der Waals surface area contributed by atoms with Crippen molar-refractivity contribution >= 4 is 27.8 Å². The molecule has 0 atom stereocenters. The number of nitrogens with zero attached hydrogens (tertiary/aromatic N) is 2. The van der Waals surface area contributed by atoms with Crippen LogP contribution in [-0.2, 0) is 16.1 Å². The van der Waals surface area contributed by atoms with Crippen LogP contribution >= 0.6 is 15.9 Å². The predicted octanol–water partition coefficient (Wildman–Crippen LogP) is 0.0489. The first-order valence-corrected chi connectivity index (χ1v) is 7.21. The van der Waals surface area contributed by atoms with E-state index < -0.39 is 11.6 Å². The van der Waals surface area contributed by atoms with Gasteiger partial charge in [-0.25, -0.2) is 4.79 Å². The van der Waals surface area contributed by atoms with E-state index >= 15 is 0 Å². The number of amides is 1. The van der Waals surface area contributed by atoms with E-state index in [1.165, 1.54) is 21.7 Å². The smallest absolute Gasteiger partial charge is 0.335 e. The van der Waals surface area contributed by atoms with Gasteiger partial charge in [-0.15, -0.1) is 0 Å². The van der Waals surface area contributed by atoms with Crippen molar-refractivity contribution in [1.29, 1.82) is 0 Å². The quantitative estimate of drug-likeness (QED) is 0.795. The molecule has 0 unspecified atom stereocenters. The van der Waals surface area contributed by atoms with Crippen molar-refractivity contribution in [2.45, 2.75) is 25.0 Å². The molecule has 2 rings (SSSR count). The monoisotopic (exact) mass is 358 g/mol. The Morgan fingerprint density at radius 2 is 1.90 bits per heavy atom. The molecule has 1 aliphatic rings. The number of hydrogen-bond acceptors (Lipinski definition) is 4. The first-order valence-electron chi connectivity index (χ1n) is 6.41. The minimum atomic E-state index is -1.76. The van der Waals surface area contributed by atoms with E-state index in [1.54, 1.807) is 6.07 Å². The average Bonchev–Trinajstić information content (AvgIpc) is 2.43. The number of aliphatic carboxylic acids is 1. The highest BCUT2D eigenvalue weighted by Crippen LogP contribution is 2.22. The number of aliphatic hydroxyl groups is 1. The van der Waals surface area contributed by atoms with Crippen molar-refractivity contribution in [2.24, 2.45) is 0 Å². The number of rotatable bonds is 3. The summed E-state index contributed by atoms with van der Waals surface area (Å²) in [6, 6.07) is 2.95. The van der Waals surface area contributed by atoms with E-state index in [9.17, 15) is 19.5 Å². The van der Waals surface area contributed by atoms with Gasteiger partial charge in [0, 0.05) is 42.7 Å². The first kappa shape index (κ1) is 15.7. The van der Waals surface area contributed by atoms with Crippen LogP contribution in [0.3, 0.4) is 0 Å². The molecule has 0 radical (unpaired) electrons. The molecule has 0 aliphatic carbocycles. The van der Waals surface area contributed by atoms with Gasteiger partial charge in [-0.2, -0.15) is 0 Å². The summed E-state index contributed by atoms with van der Waals surface area (Å²) >= 11 is 3.23. The Hall–Kier alpha value is -1.67. The SMILES string of the molecule is O=C(Cn1cc(Br)ccc1=O)N1CCC(O)(C(=O)O)CC1. The third-order valence-corrected chi connectivity index (χ3v) is 4.06. The van der Waals surface area contributed by atoms with Crippen LogP contribution in [0.4, 0.5) is 0 Å². The van der Waals surface area contributed by atoms with Crippen molar-refractivity contribution in [3.8, 4) is 0 Å². The lowest BCUT2D eigenvalue weighted by Crippen LogP contribution is -2.51. The molecule has 0 bridgehead atoms. The number of hydrogen-bond donors (Lipinski definition) is 2. The second-order valence-electron chi connectivity index (χ2n) is 5.03. The molecule has 2 heterocycles. The van der Waals surface area contributed by atoms with Gasteiger partial charge in [-0.05, 0) is 22.0 Å². The molecule has 21 heavy (non-hydrogen) atoms. The van der Waals surface area contributed by atoms with Crippen LogP contribution in [0, 0.1) is 0 Å². The fraction of sp³-hybridized carbons (Fsp3) is 0.462. The Bertz CT molecular complexity index is 619. The van der Waals surface area contributed by atoms with E-state index in [2.05, 4.69) is 15.9 Å². The van der Waals surface area contributed by atoms with Gasteiger partial charge in [0.05, 0.1) is 0 Å². The van der Waals surface area contributed by atoms with Gasteiger partial charge < -0.3 is 19.7 Å². The molecule has 2 N–H and O–H groups in total. The summed E-state index contributed by atoms with van der Waals surface area (Å²) in [7, 11) is 0. The topological polar surface area (TPSA) is 99.8 Å². The maximum atomic E-state index is 12.1. The van der Waals surface area contributed by atoms with Crippen molar-refractivity contribution in [1.82, 2.24) is 9.47 Å². The molecule has 1 aliphatic heterocycles. The van der Waals surface area contributed by atoms with Crippen LogP contribution in [0.2, 0.25) is 0 Å². The third kappa shape index (κ3) is 3.51. The van der Waals surface area contributed by atoms with Crippen molar-refractivity contribution < 1.29 is 19.8 Å². The summed E-state index contributed by atoms with van der Waals surface area (Å²) in [5, 5.41) is 18.7. The standard InChI is InChI=1S/C13H15BrN2O5/c14-9-1-2-10(17)16(7-9)8-11(18)15-5-3-13(21,4-6-15)12(19)20/h1-2,7,21H,3-6,8H2,(H,19,20). The normalized spacial score (nSPS) is 17.5. The average molecular weight is 359 g/mol. The number of carboxylic acid groups (broad SMARTS) is 1. The lowest BCUT2D eigenvalue weighted by atomic mass is 9.91. The Kier molecular flexibility index (Phi) is 4.48. The highest BCUT2D eigenvalue weighted by atomic mass is 79.9. The van der Waals surface area contributed by atoms with E-state index in [0.717, 1.165) is 0 Å². The molecule has 1 aromatic rings. The number of carbonyl (C=O) groups excluding carboxylic acids is 1. The lowest BCUT2D eigenvalue weighted by Gasteiger charge is -2.35. The summed E-state index contributed by atoms with van der Waals surface area (Å²) in [5.41, 5.74) is -2.05. The van der Waals surface area contributed by atoms with Crippen LogP contribution in [0.15, 0.2) is 27.6 Å². The largest absolute Gasteiger partial charge is 0.479 e. The zero-order valence-corrected chi connectivity index (χ0v) is 12.7. The summed E-state index contributed by atoms with van der Waals surface area (Å²) < 4.78 is 1.97. The Balaban J connectivity index is 2.01. The molecule has 0 aromatic carbocycles. The van der Waals surface area contributed by atoms with Crippen LogP contribution in [0.1, 0.15) is 12.8 Å². The molecular weight excluding hydrogens is 344 g/mol. The van der Waals surface area contributed by atoms with Gasteiger partial charge in [0.2, 0.25) is 5.91 Å². The molecular formula is C13H15BrN2O5. The fourth-order valence-corrected chi connectivity index (χ4v) is 2.59. The Morgan fingerprint density at radius 3 is 2.48 bits per heavy atom. The number of likely N-dealkylation sites (tertiary alicyclic amines) is 1. The Morgan fingerprint density at radius 1 is 1.29 bits per heavy atom. The molecule has 114 valence electrons. The summed E-state index contributed by atoms with van der Waals surface area (Å²) in [6.07, 6.45) is 1.50. The molecule has 1 fully saturated rings. The predicted molar refractivity (Wildman–Crippen MR) is 76.8 cm³/mol. The number of halogens is 1. The molecule has 7 nitrogen and oxygen atoms in total.